The maximum atomic E-state index is 13.3. The van der Waals surface area contributed by atoms with E-state index in [0.29, 0.717) is 33.6 Å². The van der Waals surface area contributed by atoms with Crippen molar-refractivity contribution in [3.8, 4) is 11.5 Å². The van der Waals surface area contributed by atoms with Crippen molar-refractivity contribution in [2.75, 3.05) is 24.9 Å². The first-order valence-electron chi connectivity index (χ1n) is 12.0. The van der Waals surface area contributed by atoms with Gasteiger partial charge in [-0.15, -0.1) is 0 Å². The Bertz CT molecular complexity index is 1460. The quantitative estimate of drug-likeness (QED) is 0.297. The number of carbonyl (C=O) groups is 1. The van der Waals surface area contributed by atoms with Crippen molar-refractivity contribution in [1.29, 1.82) is 0 Å². The number of allylic oxidation sites excluding steroid dienone is 1. The Morgan fingerprint density at radius 1 is 1.05 bits per heavy atom. The number of benzene rings is 3. The zero-order valence-corrected chi connectivity index (χ0v) is 21.5. The molecular formula is C29H27ClN4O3. The number of halogens is 1. The van der Waals surface area contributed by atoms with E-state index in [2.05, 4.69) is 53.0 Å². The van der Waals surface area contributed by atoms with Crippen LogP contribution >= 0.6 is 11.6 Å². The molecule has 0 fully saturated rings. The molecule has 2 heterocycles. The van der Waals surface area contributed by atoms with Gasteiger partial charge in [0.1, 0.15) is 17.4 Å². The second kappa shape index (κ2) is 10.4. The summed E-state index contributed by atoms with van der Waals surface area (Å²) in [6, 6.07) is 20.8. The molecule has 0 unspecified atom stereocenters. The van der Waals surface area contributed by atoms with Crippen molar-refractivity contribution in [3.05, 3.63) is 106 Å². The summed E-state index contributed by atoms with van der Waals surface area (Å²) < 4.78 is 13.1. The first kappa shape index (κ1) is 24.5. The highest BCUT2D eigenvalue weighted by molar-refractivity contribution is 6.30. The Balaban J connectivity index is 1.60. The fraction of sp³-hybridized carbons (Fsp3) is 0.172. The topological polar surface area (TPSA) is 77.4 Å². The van der Waals surface area contributed by atoms with E-state index in [1.54, 1.807) is 49.4 Å². The van der Waals surface area contributed by atoms with Gasteiger partial charge in [-0.3, -0.25) is 4.79 Å². The van der Waals surface area contributed by atoms with Gasteiger partial charge < -0.3 is 20.1 Å². The number of methoxy groups -OCH3 is 2. The van der Waals surface area contributed by atoms with Gasteiger partial charge in [0.2, 0.25) is 0 Å². The zero-order chi connectivity index (χ0) is 25.9. The van der Waals surface area contributed by atoms with Crippen LogP contribution in [-0.4, -0.2) is 29.9 Å². The molecule has 0 aliphatic carbocycles. The van der Waals surface area contributed by atoms with Gasteiger partial charge in [0.05, 0.1) is 20.4 Å². The van der Waals surface area contributed by atoms with Gasteiger partial charge in [-0.05, 0) is 54.0 Å². The lowest BCUT2D eigenvalue weighted by Gasteiger charge is -2.27. The van der Waals surface area contributed by atoms with Crippen LogP contribution in [0.3, 0.4) is 0 Å². The van der Waals surface area contributed by atoms with Gasteiger partial charge in [-0.2, -0.15) is 5.10 Å². The molecule has 1 aromatic heterocycles. The summed E-state index contributed by atoms with van der Waals surface area (Å²) in [6.07, 6.45) is 4.61. The van der Waals surface area contributed by atoms with Crippen LogP contribution in [0.15, 0.2) is 79.0 Å². The summed E-state index contributed by atoms with van der Waals surface area (Å²) in [5.41, 5.74) is 5.03. The molecule has 8 heteroatoms. The van der Waals surface area contributed by atoms with Gasteiger partial charge in [-0.25, -0.2) is 4.68 Å². The first-order chi connectivity index (χ1) is 18.0. The van der Waals surface area contributed by atoms with Crippen LogP contribution in [0, 0.1) is 0 Å². The molecule has 0 bridgehead atoms. The highest BCUT2D eigenvalue weighted by atomic mass is 35.5. The van der Waals surface area contributed by atoms with E-state index in [0.717, 1.165) is 23.2 Å². The van der Waals surface area contributed by atoms with Gasteiger partial charge >= 0.3 is 0 Å². The van der Waals surface area contributed by atoms with Gasteiger partial charge in [-0.1, -0.05) is 54.9 Å². The Morgan fingerprint density at radius 3 is 2.49 bits per heavy atom. The van der Waals surface area contributed by atoms with E-state index in [-0.39, 0.29) is 11.9 Å². The van der Waals surface area contributed by atoms with Crippen LogP contribution in [0.2, 0.25) is 5.02 Å². The minimum Gasteiger partial charge on any atom is -0.493 e. The standard InChI is InChI=1S/C29H27ClN4O3/c1-4-18-8-10-19(11-9-18)24-16-25(22-6-5-7-26(36-2)27(22)37-3)34-28(33-24)23(17-31-34)29(35)32-21-14-12-20(30)13-15-21/h5-17,25,33H,4H2,1-3H3,(H,32,35)/t25-/m1/s1. The molecule has 0 spiro atoms. The Kier molecular flexibility index (Phi) is 6.88. The van der Waals surface area contributed by atoms with E-state index in [4.69, 9.17) is 21.1 Å². The molecule has 0 saturated carbocycles. The van der Waals surface area contributed by atoms with Crippen molar-refractivity contribution < 1.29 is 14.3 Å². The van der Waals surface area contributed by atoms with Gasteiger partial charge in [0.15, 0.2) is 11.5 Å². The number of para-hydroxylation sites is 1. The Labute approximate surface area is 220 Å². The van der Waals surface area contributed by atoms with E-state index < -0.39 is 0 Å². The average Bonchev–Trinajstić information content (AvgIpc) is 3.37. The van der Waals surface area contributed by atoms with E-state index in [1.807, 2.05) is 18.2 Å². The monoisotopic (exact) mass is 514 g/mol. The summed E-state index contributed by atoms with van der Waals surface area (Å²) in [6.45, 7) is 2.13. The molecule has 4 aromatic rings. The Hall–Kier alpha value is -4.23. The number of amides is 1. The molecular weight excluding hydrogens is 488 g/mol. The minimum absolute atomic E-state index is 0.282. The van der Waals surface area contributed by atoms with Crippen LogP contribution < -0.4 is 20.1 Å². The second-order valence-corrected chi connectivity index (χ2v) is 9.03. The maximum absolute atomic E-state index is 13.3. The van der Waals surface area contributed by atoms with Crippen LogP contribution in [0.5, 0.6) is 11.5 Å². The number of nitrogens with zero attached hydrogens (tertiary/aromatic N) is 2. The third-order valence-corrected chi connectivity index (χ3v) is 6.66. The normalized spacial score (nSPS) is 14.3. The summed E-state index contributed by atoms with van der Waals surface area (Å²) >= 11 is 6.00. The highest BCUT2D eigenvalue weighted by Crippen LogP contribution is 2.41. The van der Waals surface area contributed by atoms with Gasteiger partial charge in [0, 0.05) is 22.0 Å². The number of aromatic nitrogens is 2. The molecule has 1 aliphatic heterocycles. The lowest BCUT2D eigenvalue weighted by molar-refractivity contribution is 0.102. The number of aryl methyl sites for hydroxylation is 1. The Morgan fingerprint density at radius 2 is 1.81 bits per heavy atom. The predicted octanol–water partition coefficient (Wildman–Crippen LogP) is 6.42. The smallest absolute Gasteiger partial charge is 0.261 e. The third-order valence-electron chi connectivity index (χ3n) is 6.41. The number of rotatable bonds is 7. The molecule has 7 nitrogen and oxygen atoms in total. The number of anilines is 2. The summed E-state index contributed by atoms with van der Waals surface area (Å²) in [4.78, 5) is 13.3. The van der Waals surface area contributed by atoms with Crippen LogP contribution in [-0.2, 0) is 6.42 Å². The molecule has 0 radical (unpaired) electrons. The SMILES string of the molecule is CCc1ccc(C2=C[C@H](c3cccc(OC)c3OC)n3ncc(C(=O)Nc4ccc(Cl)cc4)c3N2)cc1. The van der Waals surface area contributed by atoms with E-state index in [9.17, 15) is 4.79 Å². The highest BCUT2D eigenvalue weighted by Gasteiger charge is 2.30. The average molecular weight is 515 g/mol. The lowest BCUT2D eigenvalue weighted by Crippen LogP contribution is -2.22. The zero-order valence-electron chi connectivity index (χ0n) is 20.8. The molecule has 1 amide bonds. The number of hydrogen-bond acceptors (Lipinski definition) is 5. The largest absolute Gasteiger partial charge is 0.493 e. The van der Waals surface area contributed by atoms with Crippen LogP contribution in [0.1, 0.15) is 40.0 Å². The number of carbonyl (C=O) groups excluding carboxylic acids is 1. The molecule has 1 atom stereocenters. The number of nitrogens with one attached hydrogen (secondary N) is 2. The van der Waals surface area contributed by atoms with Crippen molar-refractivity contribution in [3.63, 3.8) is 0 Å². The fourth-order valence-electron chi connectivity index (χ4n) is 4.45. The van der Waals surface area contributed by atoms with Crippen LogP contribution in [0.4, 0.5) is 11.5 Å². The maximum Gasteiger partial charge on any atom is 0.261 e. The number of hydrogen-bond donors (Lipinski definition) is 2. The van der Waals surface area contributed by atoms with Crippen molar-refractivity contribution in [2.24, 2.45) is 0 Å². The van der Waals surface area contributed by atoms with Crippen LogP contribution in [0.25, 0.3) is 5.70 Å². The summed E-state index contributed by atoms with van der Waals surface area (Å²) in [5.74, 6) is 1.53. The molecule has 2 N–H and O–H groups in total. The lowest BCUT2D eigenvalue weighted by atomic mass is 9.99. The minimum atomic E-state index is -0.348. The predicted molar refractivity (Wildman–Crippen MR) is 147 cm³/mol. The molecule has 5 rings (SSSR count). The molecule has 1 aliphatic rings. The van der Waals surface area contributed by atoms with E-state index in [1.165, 1.54) is 5.56 Å². The molecule has 0 saturated heterocycles. The van der Waals surface area contributed by atoms with Crippen molar-refractivity contribution >= 4 is 34.7 Å². The molecule has 37 heavy (non-hydrogen) atoms. The fourth-order valence-corrected chi connectivity index (χ4v) is 4.57. The molecule has 188 valence electrons. The van der Waals surface area contributed by atoms with E-state index >= 15 is 0 Å². The van der Waals surface area contributed by atoms with Crippen molar-refractivity contribution in [1.82, 2.24) is 9.78 Å². The van der Waals surface area contributed by atoms with Gasteiger partial charge in [0.25, 0.3) is 5.91 Å². The second-order valence-electron chi connectivity index (χ2n) is 8.60. The summed E-state index contributed by atoms with van der Waals surface area (Å²) in [7, 11) is 3.23. The third kappa shape index (κ3) is 4.78. The number of fused-ring (bicyclic) bond motifs is 1. The molecule has 3 aromatic carbocycles. The summed E-state index contributed by atoms with van der Waals surface area (Å²) in [5, 5.41) is 11.6. The first-order valence-corrected chi connectivity index (χ1v) is 12.3. The van der Waals surface area contributed by atoms with Crippen molar-refractivity contribution in [2.45, 2.75) is 19.4 Å². The number of ether oxygens (including phenoxy) is 2.